The zero-order chi connectivity index (χ0) is 20.7. The van der Waals surface area contributed by atoms with Crippen LogP contribution in [-0.2, 0) is 0 Å². The molecule has 0 saturated heterocycles. The number of rotatable bonds is 5. The minimum atomic E-state index is -0.216. The quantitative estimate of drug-likeness (QED) is 0.349. The number of hydrogen-bond acceptors (Lipinski definition) is 3. The van der Waals surface area contributed by atoms with Crippen molar-refractivity contribution in [1.82, 2.24) is 14.5 Å². The van der Waals surface area contributed by atoms with Crippen LogP contribution in [0.15, 0.2) is 36.5 Å². The molecule has 0 unspecified atom stereocenters. The van der Waals surface area contributed by atoms with E-state index in [0.29, 0.717) is 6.04 Å². The lowest BCUT2D eigenvalue weighted by Crippen LogP contribution is -2.07. The van der Waals surface area contributed by atoms with Crippen LogP contribution in [0, 0.1) is 26.6 Å². The van der Waals surface area contributed by atoms with Crippen molar-refractivity contribution in [2.75, 3.05) is 0 Å². The molecule has 0 atom stereocenters. The molecule has 0 N–H and O–H groups in total. The third kappa shape index (κ3) is 3.48. The summed E-state index contributed by atoms with van der Waals surface area (Å²) in [6.07, 6.45) is 4.34. The van der Waals surface area contributed by atoms with Crippen LogP contribution >= 0.6 is 11.3 Å². The van der Waals surface area contributed by atoms with E-state index in [9.17, 15) is 4.39 Å². The topological polar surface area (TPSA) is 30.7 Å². The van der Waals surface area contributed by atoms with Crippen molar-refractivity contribution < 1.29 is 4.39 Å². The smallest absolute Gasteiger partial charge is 0.159 e. The van der Waals surface area contributed by atoms with E-state index in [2.05, 4.69) is 44.5 Å². The van der Waals surface area contributed by atoms with Gasteiger partial charge in [0, 0.05) is 17.1 Å². The van der Waals surface area contributed by atoms with Crippen molar-refractivity contribution in [1.29, 1.82) is 0 Å². The van der Waals surface area contributed by atoms with E-state index < -0.39 is 0 Å². The Morgan fingerprint density at radius 2 is 1.69 bits per heavy atom. The predicted molar refractivity (Wildman–Crippen MR) is 120 cm³/mol. The summed E-state index contributed by atoms with van der Waals surface area (Å²) in [5.41, 5.74) is 7.20. The summed E-state index contributed by atoms with van der Waals surface area (Å²) >= 11 is 1.69. The predicted octanol–water partition coefficient (Wildman–Crippen LogP) is 7.25. The van der Waals surface area contributed by atoms with E-state index in [1.165, 1.54) is 17.7 Å². The second-order valence-corrected chi connectivity index (χ2v) is 8.70. The van der Waals surface area contributed by atoms with Crippen LogP contribution in [0.25, 0.3) is 32.2 Å². The lowest BCUT2D eigenvalue weighted by Gasteiger charge is -2.16. The monoisotopic (exact) mass is 407 g/mol. The SMILES string of the molecule is CCC(CC)n1cc(C)c2nc(-c3sc(-c4ccc(F)cc4)cc3C)c(C)nc21. The van der Waals surface area contributed by atoms with Gasteiger partial charge in [-0.15, -0.1) is 11.3 Å². The molecule has 4 aromatic rings. The fourth-order valence-corrected chi connectivity index (χ4v) is 5.15. The number of benzene rings is 1. The Balaban J connectivity index is 1.84. The van der Waals surface area contributed by atoms with Crippen molar-refractivity contribution >= 4 is 22.5 Å². The van der Waals surface area contributed by atoms with Crippen LogP contribution in [0.1, 0.15) is 49.6 Å². The second kappa shape index (κ2) is 7.71. The van der Waals surface area contributed by atoms with E-state index >= 15 is 0 Å². The third-order valence-electron chi connectivity index (χ3n) is 5.60. The average molecular weight is 408 g/mol. The first kappa shape index (κ1) is 19.8. The number of nitrogens with zero attached hydrogens (tertiary/aromatic N) is 3. The van der Waals surface area contributed by atoms with E-state index in [0.717, 1.165) is 56.3 Å². The zero-order valence-corrected chi connectivity index (χ0v) is 18.4. The van der Waals surface area contributed by atoms with Crippen molar-refractivity contribution in [3.05, 3.63) is 59.2 Å². The maximum absolute atomic E-state index is 13.3. The van der Waals surface area contributed by atoms with Crippen molar-refractivity contribution in [3.8, 4) is 21.0 Å². The molecule has 3 aromatic heterocycles. The summed E-state index contributed by atoms with van der Waals surface area (Å²) in [4.78, 5) is 12.3. The van der Waals surface area contributed by atoms with Gasteiger partial charge in [0.2, 0.25) is 0 Å². The van der Waals surface area contributed by atoms with Crippen LogP contribution in [-0.4, -0.2) is 14.5 Å². The fraction of sp³-hybridized carbons (Fsp3) is 0.333. The molecule has 0 radical (unpaired) electrons. The Kier molecular flexibility index (Phi) is 5.26. The van der Waals surface area contributed by atoms with Gasteiger partial charge in [-0.25, -0.2) is 14.4 Å². The van der Waals surface area contributed by atoms with Gasteiger partial charge in [-0.05, 0) is 68.5 Å². The average Bonchev–Trinajstić information content (AvgIpc) is 3.23. The van der Waals surface area contributed by atoms with E-state index in [-0.39, 0.29) is 5.82 Å². The molecule has 3 nitrogen and oxygen atoms in total. The number of fused-ring (bicyclic) bond motifs is 1. The lowest BCUT2D eigenvalue weighted by molar-refractivity contribution is 0.482. The van der Waals surface area contributed by atoms with Crippen molar-refractivity contribution in [2.45, 2.75) is 53.5 Å². The standard InChI is InChI=1S/C24H26FN3S/c1-6-19(7-2)28-13-15(4)21-24(28)26-16(5)22(27-21)23-14(3)12-20(29-23)17-8-10-18(25)11-9-17/h8-13,19H,6-7H2,1-5H3. The maximum Gasteiger partial charge on any atom is 0.159 e. The summed E-state index contributed by atoms with van der Waals surface area (Å²) in [7, 11) is 0. The highest BCUT2D eigenvalue weighted by Gasteiger charge is 2.19. The molecule has 5 heteroatoms. The molecule has 4 rings (SSSR count). The van der Waals surface area contributed by atoms with E-state index in [1.807, 2.05) is 19.1 Å². The number of halogens is 1. The molecule has 0 aliphatic heterocycles. The molecule has 0 spiro atoms. The number of thiophene rings is 1. The molecule has 29 heavy (non-hydrogen) atoms. The Morgan fingerprint density at radius 3 is 2.34 bits per heavy atom. The van der Waals surface area contributed by atoms with Crippen LogP contribution in [0.5, 0.6) is 0 Å². The highest BCUT2D eigenvalue weighted by molar-refractivity contribution is 7.19. The summed E-state index contributed by atoms with van der Waals surface area (Å²) in [5.74, 6) is -0.216. The third-order valence-corrected chi connectivity index (χ3v) is 6.89. The van der Waals surface area contributed by atoms with Crippen LogP contribution in [0.4, 0.5) is 4.39 Å². The second-order valence-electron chi connectivity index (χ2n) is 7.65. The minimum absolute atomic E-state index is 0.216. The highest BCUT2D eigenvalue weighted by atomic mass is 32.1. The van der Waals surface area contributed by atoms with Crippen molar-refractivity contribution in [2.24, 2.45) is 0 Å². The Hall–Kier alpha value is -2.53. The van der Waals surface area contributed by atoms with E-state index in [4.69, 9.17) is 9.97 Å². The fourth-order valence-electron chi connectivity index (χ4n) is 3.93. The van der Waals surface area contributed by atoms with Gasteiger partial charge in [0.15, 0.2) is 5.65 Å². The Morgan fingerprint density at radius 1 is 1.00 bits per heavy atom. The van der Waals surface area contributed by atoms with Gasteiger partial charge < -0.3 is 4.57 Å². The molecule has 0 saturated carbocycles. The molecule has 0 aliphatic rings. The van der Waals surface area contributed by atoms with Gasteiger partial charge in [0.05, 0.1) is 10.6 Å². The minimum Gasteiger partial charge on any atom is -0.328 e. The van der Waals surface area contributed by atoms with Gasteiger partial charge in [-0.3, -0.25) is 0 Å². The van der Waals surface area contributed by atoms with Gasteiger partial charge in [0.1, 0.15) is 17.0 Å². The first-order valence-corrected chi connectivity index (χ1v) is 11.0. The first-order chi connectivity index (χ1) is 13.9. The van der Waals surface area contributed by atoms with Gasteiger partial charge in [-0.2, -0.15) is 0 Å². The van der Waals surface area contributed by atoms with E-state index in [1.54, 1.807) is 11.3 Å². The molecule has 0 amide bonds. The maximum atomic E-state index is 13.3. The summed E-state index contributed by atoms with van der Waals surface area (Å²) in [5, 5.41) is 0. The van der Waals surface area contributed by atoms with Gasteiger partial charge >= 0.3 is 0 Å². The van der Waals surface area contributed by atoms with Crippen LogP contribution in [0.2, 0.25) is 0 Å². The molecule has 0 bridgehead atoms. The molecule has 0 aliphatic carbocycles. The Bertz CT molecular complexity index is 1170. The molecule has 0 fully saturated rings. The molecule has 3 heterocycles. The van der Waals surface area contributed by atoms with Crippen molar-refractivity contribution in [3.63, 3.8) is 0 Å². The molecule has 1 aromatic carbocycles. The van der Waals surface area contributed by atoms with Gasteiger partial charge in [-0.1, -0.05) is 26.0 Å². The molecular formula is C24H26FN3S. The number of aryl methyl sites for hydroxylation is 3. The summed E-state index contributed by atoms with van der Waals surface area (Å²) in [6, 6.07) is 9.26. The Labute approximate surface area is 175 Å². The van der Waals surface area contributed by atoms with Crippen LogP contribution in [0.3, 0.4) is 0 Å². The number of hydrogen-bond donors (Lipinski definition) is 0. The normalized spacial score (nSPS) is 11.7. The molecular weight excluding hydrogens is 381 g/mol. The summed E-state index contributed by atoms with van der Waals surface area (Å²) < 4.78 is 15.6. The first-order valence-electron chi connectivity index (χ1n) is 10.1. The highest BCUT2D eigenvalue weighted by Crippen LogP contribution is 2.39. The summed E-state index contributed by atoms with van der Waals surface area (Å²) in [6.45, 7) is 10.7. The lowest BCUT2D eigenvalue weighted by atomic mass is 10.1. The molecule has 150 valence electrons. The largest absolute Gasteiger partial charge is 0.328 e. The van der Waals surface area contributed by atoms with Gasteiger partial charge in [0.25, 0.3) is 0 Å². The zero-order valence-electron chi connectivity index (χ0n) is 17.6. The van der Waals surface area contributed by atoms with Crippen LogP contribution < -0.4 is 0 Å². The number of aromatic nitrogens is 3.